The molecule has 1 aromatic heterocycles. The molecule has 0 saturated carbocycles. The van der Waals surface area contributed by atoms with E-state index in [1.807, 2.05) is 6.92 Å². The standard InChI is InChI=1S/C20H19N3O5/c1-3-28-15-9-7-13(8-10-15)22-18(24)17-12-21-20(26)23(19(17)25)14-5-4-6-16(11-14)27-2/h4-12H,3H2,1-2H3,(H,21,26)(H,22,24). The number of benzene rings is 2. The van der Waals surface area contributed by atoms with Crippen LogP contribution >= 0.6 is 0 Å². The van der Waals surface area contributed by atoms with Gasteiger partial charge in [0.2, 0.25) is 0 Å². The van der Waals surface area contributed by atoms with E-state index in [0.717, 1.165) is 10.8 Å². The lowest BCUT2D eigenvalue weighted by molar-refractivity contribution is 0.102. The van der Waals surface area contributed by atoms with E-state index in [9.17, 15) is 14.4 Å². The molecule has 28 heavy (non-hydrogen) atoms. The van der Waals surface area contributed by atoms with Crippen LogP contribution in [0.5, 0.6) is 11.5 Å². The number of methoxy groups -OCH3 is 1. The number of rotatable bonds is 6. The van der Waals surface area contributed by atoms with E-state index in [-0.39, 0.29) is 5.56 Å². The number of carbonyl (C=O) groups excluding carboxylic acids is 1. The molecule has 2 aromatic carbocycles. The van der Waals surface area contributed by atoms with Crippen LogP contribution in [0.3, 0.4) is 0 Å². The summed E-state index contributed by atoms with van der Waals surface area (Å²) in [5.41, 5.74) is -0.805. The number of aromatic nitrogens is 2. The zero-order valence-electron chi connectivity index (χ0n) is 15.4. The minimum absolute atomic E-state index is 0.198. The minimum Gasteiger partial charge on any atom is -0.497 e. The van der Waals surface area contributed by atoms with Gasteiger partial charge in [0.15, 0.2) is 0 Å². The fraction of sp³-hybridized carbons (Fsp3) is 0.150. The molecular formula is C20H19N3O5. The second-order valence-corrected chi connectivity index (χ2v) is 5.76. The predicted octanol–water partition coefficient (Wildman–Crippen LogP) is 2.19. The van der Waals surface area contributed by atoms with Gasteiger partial charge in [0.25, 0.3) is 11.5 Å². The fourth-order valence-corrected chi connectivity index (χ4v) is 2.62. The van der Waals surface area contributed by atoms with E-state index in [0.29, 0.717) is 29.5 Å². The summed E-state index contributed by atoms with van der Waals surface area (Å²) in [5.74, 6) is 0.514. The lowest BCUT2D eigenvalue weighted by Crippen LogP contribution is -2.38. The maximum Gasteiger partial charge on any atom is 0.333 e. The lowest BCUT2D eigenvalue weighted by Gasteiger charge is -2.09. The molecule has 8 nitrogen and oxygen atoms in total. The Morgan fingerprint density at radius 2 is 1.86 bits per heavy atom. The molecule has 0 saturated heterocycles. The van der Waals surface area contributed by atoms with Crippen LogP contribution in [-0.4, -0.2) is 29.2 Å². The second kappa shape index (κ2) is 8.26. The number of H-pyrrole nitrogens is 1. The molecule has 2 N–H and O–H groups in total. The number of amides is 1. The van der Waals surface area contributed by atoms with Gasteiger partial charge in [0.1, 0.15) is 17.1 Å². The van der Waals surface area contributed by atoms with Crippen LogP contribution in [0.15, 0.2) is 64.3 Å². The van der Waals surface area contributed by atoms with Gasteiger partial charge in [-0.25, -0.2) is 9.36 Å². The Balaban J connectivity index is 1.93. The number of hydrogen-bond donors (Lipinski definition) is 2. The van der Waals surface area contributed by atoms with Crippen molar-refractivity contribution in [1.82, 2.24) is 9.55 Å². The van der Waals surface area contributed by atoms with Crippen LogP contribution in [-0.2, 0) is 0 Å². The Labute approximate surface area is 160 Å². The molecule has 1 heterocycles. The Kier molecular flexibility index (Phi) is 5.59. The third-order valence-electron chi connectivity index (χ3n) is 3.96. The summed E-state index contributed by atoms with van der Waals surface area (Å²) in [6.07, 6.45) is 1.10. The van der Waals surface area contributed by atoms with E-state index in [1.165, 1.54) is 13.2 Å². The first kappa shape index (κ1) is 19.0. The molecule has 1 amide bonds. The van der Waals surface area contributed by atoms with Crippen molar-refractivity contribution in [3.8, 4) is 17.2 Å². The number of hydrogen-bond acceptors (Lipinski definition) is 5. The Bertz CT molecular complexity index is 1100. The average Bonchev–Trinajstić information content (AvgIpc) is 2.70. The van der Waals surface area contributed by atoms with Crippen LogP contribution in [0.4, 0.5) is 5.69 Å². The summed E-state index contributed by atoms with van der Waals surface area (Å²) in [6, 6.07) is 13.2. The van der Waals surface area contributed by atoms with Gasteiger partial charge in [0.05, 0.1) is 19.4 Å². The van der Waals surface area contributed by atoms with E-state index in [2.05, 4.69) is 10.3 Å². The van der Waals surface area contributed by atoms with E-state index in [1.54, 1.807) is 42.5 Å². The number of ether oxygens (including phenoxy) is 2. The molecule has 0 unspecified atom stereocenters. The maximum atomic E-state index is 12.8. The van der Waals surface area contributed by atoms with Crippen LogP contribution in [0, 0.1) is 0 Å². The molecule has 0 bridgehead atoms. The van der Waals surface area contributed by atoms with Gasteiger partial charge >= 0.3 is 5.69 Å². The second-order valence-electron chi connectivity index (χ2n) is 5.76. The molecule has 0 aliphatic rings. The van der Waals surface area contributed by atoms with Crippen LogP contribution in [0.2, 0.25) is 0 Å². The van der Waals surface area contributed by atoms with Crippen molar-refractivity contribution in [3.05, 3.63) is 81.1 Å². The van der Waals surface area contributed by atoms with Crippen LogP contribution in [0.25, 0.3) is 5.69 Å². The molecule has 3 rings (SSSR count). The first-order valence-electron chi connectivity index (χ1n) is 8.57. The summed E-state index contributed by atoms with van der Waals surface area (Å²) < 4.78 is 11.4. The summed E-state index contributed by atoms with van der Waals surface area (Å²) in [5, 5.41) is 2.63. The maximum absolute atomic E-state index is 12.8. The Morgan fingerprint density at radius 3 is 2.54 bits per heavy atom. The highest BCUT2D eigenvalue weighted by atomic mass is 16.5. The molecule has 0 aliphatic heterocycles. The Morgan fingerprint density at radius 1 is 1.11 bits per heavy atom. The molecule has 0 fully saturated rings. The van der Waals surface area contributed by atoms with Crippen molar-refractivity contribution in [2.45, 2.75) is 6.92 Å². The van der Waals surface area contributed by atoms with Crippen molar-refractivity contribution in [1.29, 1.82) is 0 Å². The van der Waals surface area contributed by atoms with Gasteiger partial charge in [0, 0.05) is 18.0 Å². The summed E-state index contributed by atoms with van der Waals surface area (Å²) in [4.78, 5) is 40.0. The highest BCUT2D eigenvalue weighted by Gasteiger charge is 2.16. The van der Waals surface area contributed by atoms with Crippen molar-refractivity contribution < 1.29 is 14.3 Å². The van der Waals surface area contributed by atoms with Crippen molar-refractivity contribution in [2.24, 2.45) is 0 Å². The quantitative estimate of drug-likeness (QED) is 0.681. The summed E-state index contributed by atoms with van der Waals surface area (Å²) >= 11 is 0. The highest BCUT2D eigenvalue weighted by molar-refractivity contribution is 6.03. The van der Waals surface area contributed by atoms with Gasteiger partial charge in [-0.1, -0.05) is 6.07 Å². The first-order chi connectivity index (χ1) is 13.5. The minimum atomic E-state index is -0.736. The smallest absolute Gasteiger partial charge is 0.333 e. The fourth-order valence-electron chi connectivity index (χ4n) is 2.62. The zero-order valence-corrected chi connectivity index (χ0v) is 15.4. The third kappa shape index (κ3) is 3.96. The first-order valence-corrected chi connectivity index (χ1v) is 8.57. The molecule has 0 atom stereocenters. The van der Waals surface area contributed by atoms with Gasteiger partial charge in [-0.2, -0.15) is 0 Å². The zero-order chi connectivity index (χ0) is 20.1. The van der Waals surface area contributed by atoms with E-state index >= 15 is 0 Å². The number of nitrogens with zero attached hydrogens (tertiary/aromatic N) is 1. The third-order valence-corrected chi connectivity index (χ3v) is 3.96. The average molecular weight is 381 g/mol. The molecule has 8 heteroatoms. The summed E-state index contributed by atoms with van der Waals surface area (Å²) in [7, 11) is 1.48. The number of nitrogens with one attached hydrogen (secondary N) is 2. The van der Waals surface area contributed by atoms with Crippen molar-refractivity contribution in [2.75, 3.05) is 19.0 Å². The van der Waals surface area contributed by atoms with Gasteiger partial charge < -0.3 is 19.8 Å². The predicted molar refractivity (Wildman–Crippen MR) is 105 cm³/mol. The summed E-state index contributed by atoms with van der Waals surface area (Å²) in [6.45, 7) is 2.41. The largest absolute Gasteiger partial charge is 0.497 e. The lowest BCUT2D eigenvalue weighted by atomic mass is 10.2. The van der Waals surface area contributed by atoms with Gasteiger partial charge in [-0.3, -0.25) is 9.59 Å². The molecule has 0 radical (unpaired) electrons. The van der Waals surface area contributed by atoms with Crippen LogP contribution in [0.1, 0.15) is 17.3 Å². The molecule has 3 aromatic rings. The van der Waals surface area contributed by atoms with Crippen molar-refractivity contribution >= 4 is 11.6 Å². The van der Waals surface area contributed by atoms with Crippen LogP contribution < -0.4 is 26.0 Å². The number of carbonyl (C=O) groups is 1. The molecule has 0 spiro atoms. The van der Waals surface area contributed by atoms with Gasteiger partial charge in [-0.05, 0) is 43.3 Å². The number of aromatic amines is 1. The SMILES string of the molecule is CCOc1ccc(NC(=O)c2c[nH]c(=O)n(-c3cccc(OC)c3)c2=O)cc1. The highest BCUT2D eigenvalue weighted by Crippen LogP contribution is 2.16. The number of anilines is 1. The molecular weight excluding hydrogens is 362 g/mol. The van der Waals surface area contributed by atoms with Crippen molar-refractivity contribution in [3.63, 3.8) is 0 Å². The normalized spacial score (nSPS) is 10.4. The monoisotopic (exact) mass is 381 g/mol. The van der Waals surface area contributed by atoms with Gasteiger partial charge in [-0.15, -0.1) is 0 Å². The Hall–Kier alpha value is -3.81. The molecule has 0 aliphatic carbocycles. The van der Waals surface area contributed by atoms with E-state index in [4.69, 9.17) is 9.47 Å². The topological polar surface area (TPSA) is 102 Å². The van der Waals surface area contributed by atoms with E-state index < -0.39 is 17.2 Å². The molecule has 144 valence electrons.